The molecular formula is C12H23NO6. The van der Waals surface area contributed by atoms with Crippen molar-refractivity contribution in [3.63, 3.8) is 0 Å². The second-order valence-electron chi connectivity index (χ2n) is 4.97. The first-order chi connectivity index (χ1) is 8.74. The van der Waals surface area contributed by atoms with Crippen molar-refractivity contribution in [3.8, 4) is 0 Å². The zero-order valence-corrected chi connectivity index (χ0v) is 11.5. The summed E-state index contributed by atoms with van der Waals surface area (Å²) < 4.78 is 4.95. The molecule has 2 unspecified atom stereocenters. The fourth-order valence-electron chi connectivity index (χ4n) is 1.08. The molecule has 0 aliphatic carbocycles. The fourth-order valence-corrected chi connectivity index (χ4v) is 1.08. The maximum absolute atomic E-state index is 11.6. The Hall–Kier alpha value is -1.18. The number of carbonyl (C=O) groups excluding carboxylic acids is 1. The quantitative estimate of drug-likeness (QED) is 0.414. The molecule has 0 saturated carbocycles. The summed E-state index contributed by atoms with van der Waals surface area (Å²) in [5.74, 6) is -1.62. The lowest BCUT2D eigenvalue weighted by Crippen LogP contribution is -2.44. The Kier molecular flexibility index (Phi) is 7.58. The second kappa shape index (κ2) is 8.08. The molecule has 7 nitrogen and oxygen atoms in total. The monoisotopic (exact) mass is 277 g/mol. The Morgan fingerprint density at radius 1 is 1.37 bits per heavy atom. The van der Waals surface area contributed by atoms with Crippen LogP contribution in [-0.4, -0.2) is 59.2 Å². The van der Waals surface area contributed by atoms with Gasteiger partial charge in [0, 0.05) is 6.54 Å². The van der Waals surface area contributed by atoms with E-state index in [1.165, 1.54) is 0 Å². The van der Waals surface area contributed by atoms with Crippen molar-refractivity contribution < 1.29 is 29.6 Å². The number of ether oxygens (including phenoxy) is 1. The first-order valence-corrected chi connectivity index (χ1v) is 6.17. The van der Waals surface area contributed by atoms with Crippen LogP contribution in [-0.2, 0) is 14.3 Å². The average Bonchev–Trinajstić information content (AvgIpc) is 2.36. The maximum atomic E-state index is 11.6. The number of carboxylic acid groups (broad SMARTS) is 1. The van der Waals surface area contributed by atoms with Crippen molar-refractivity contribution in [1.82, 2.24) is 5.32 Å². The van der Waals surface area contributed by atoms with E-state index >= 15 is 0 Å². The predicted octanol–water partition coefficient (Wildman–Crippen LogP) is -0.638. The molecular weight excluding hydrogens is 254 g/mol. The van der Waals surface area contributed by atoms with Gasteiger partial charge in [-0.15, -0.1) is 0 Å². The van der Waals surface area contributed by atoms with Gasteiger partial charge in [0.25, 0.3) is 0 Å². The number of hydrogen-bond donors (Lipinski definition) is 4. The molecule has 0 aromatic carbocycles. The first-order valence-electron chi connectivity index (χ1n) is 6.17. The Balaban J connectivity index is 4.03. The molecule has 0 aromatic rings. The number of rotatable bonds is 9. The van der Waals surface area contributed by atoms with Gasteiger partial charge in [-0.25, -0.2) is 0 Å². The van der Waals surface area contributed by atoms with E-state index in [2.05, 4.69) is 5.32 Å². The molecule has 19 heavy (non-hydrogen) atoms. The van der Waals surface area contributed by atoms with E-state index in [1.807, 2.05) is 6.92 Å². The van der Waals surface area contributed by atoms with Crippen molar-refractivity contribution in [3.05, 3.63) is 0 Å². The van der Waals surface area contributed by atoms with Crippen LogP contribution in [0.5, 0.6) is 0 Å². The van der Waals surface area contributed by atoms with Gasteiger partial charge in [-0.05, 0) is 20.3 Å². The molecule has 7 heteroatoms. The third-order valence-electron chi connectivity index (χ3n) is 2.92. The summed E-state index contributed by atoms with van der Waals surface area (Å²) in [7, 11) is 0. The largest absolute Gasteiger partial charge is 0.480 e. The number of esters is 1. The van der Waals surface area contributed by atoms with Crippen LogP contribution < -0.4 is 5.32 Å². The number of aliphatic carboxylic acids is 1. The topological polar surface area (TPSA) is 116 Å². The van der Waals surface area contributed by atoms with Crippen LogP contribution in [0.3, 0.4) is 0 Å². The minimum absolute atomic E-state index is 0.0860. The van der Waals surface area contributed by atoms with E-state index in [-0.39, 0.29) is 13.2 Å². The van der Waals surface area contributed by atoms with Gasteiger partial charge in [0.1, 0.15) is 18.8 Å². The second-order valence-corrected chi connectivity index (χ2v) is 4.97. The SMILES string of the molecule is CCC(C)(C)C(=O)OCC(O)CNC(CO)C(=O)O. The zero-order chi connectivity index (χ0) is 15.1. The van der Waals surface area contributed by atoms with Crippen molar-refractivity contribution in [2.75, 3.05) is 19.8 Å². The van der Waals surface area contributed by atoms with Crippen molar-refractivity contribution in [1.29, 1.82) is 0 Å². The molecule has 0 amide bonds. The third kappa shape index (κ3) is 6.51. The maximum Gasteiger partial charge on any atom is 0.323 e. The van der Waals surface area contributed by atoms with Crippen LogP contribution in [0.15, 0.2) is 0 Å². The van der Waals surface area contributed by atoms with Crippen LogP contribution in [0.25, 0.3) is 0 Å². The van der Waals surface area contributed by atoms with Crippen LogP contribution in [0.1, 0.15) is 27.2 Å². The van der Waals surface area contributed by atoms with Gasteiger partial charge < -0.3 is 20.1 Å². The standard InChI is InChI=1S/C12H23NO6/c1-4-12(2,3)11(18)19-7-8(15)5-13-9(6-14)10(16)17/h8-9,13-15H,4-7H2,1-3H3,(H,16,17). The molecule has 0 spiro atoms. The summed E-state index contributed by atoms with van der Waals surface area (Å²) in [4.78, 5) is 22.2. The fraction of sp³-hybridized carbons (Fsp3) is 0.833. The van der Waals surface area contributed by atoms with E-state index in [0.29, 0.717) is 6.42 Å². The van der Waals surface area contributed by atoms with E-state index < -0.39 is 36.1 Å². The summed E-state index contributed by atoms with van der Waals surface area (Å²) in [5.41, 5.74) is -0.609. The number of carbonyl (C=O) groups is 2. The van der Waals surface area contributed by atoms with Crippen LogP contribution in [0.2, 0.25) is 0 Å². The summed E-state index contributed by atoms with van der Waals surface area (Å²) in [6.07, 6.45) is -0.406. The number of hydrogen-bond acceptors (Lipinski definition) is 6. The highest BCUT2D eigenvalue weighted by Crippen LogP contribution is 2.21. The molecule has 0 aliphatic rings. The number of aliphatic hydroxyl groups excluding tert-OH is 2. The van der Waals surface area contributed by atoms with Crippen molar-refractivity contribution in [2.45, 2.75) is 39.3 Å². The molecule has 2 atom stereocenters. The lowest BCUT2D eigenvalue weighted by Gasteiger charge is -2.22. The number of carboxylic acids is 1. The van der Waals surface area contributed by atoms with Gasteiger partial charge in [0.2, 0.25) is 0 Å². The lowest BCUT2D eigenvalue weighted by atomic mass is 9.91. The molecule has 4 N–H and O–H groups in total. The van der Waals surface area contributed by atoms with Crippen molar-refractivity contribution in [2.24, 2.45) is 5.41 Å². The predicted molar refractivity (Wildman–Crippen MR) is 67.6 cm³/mol. The van der Waals surface area contributed by atoms with Gasteiger partial charge in [-0.2, -0.15) is 0 Å². The van der Waals surface area contributed by atoms with E-state index in [1.54, 1.807) is 13.8 Å². The Morgan fingerprint density at radius 3 is 2.37 bits per heavy atom. The molecule has 0 heterocycles. The van der Waals surface area contributed by atoms with Gasteiger partial charge in [0.05, 0.1) is 12.0 Å². The summed E-state index contributed by atoms with van der Waals surface area (Å²) in [6.45, 7) is 4.46. The van der Waals surface area contributed by atoms with Crippen LogP contribution >= 0.6 is 0 Å². The normalized spacial score (nSPS) is 14.8. The molecule has 0 aromatic heterocycles. The molecule has 0 fully saturated rings. The molecule has 0 radical (unpaired) electrons. The minimum Gasteiger partial charge on any atom is -0.480 e. The average molecular weight is 277 g/mol. The first kappa shape index (κ1) is 17.8. The van der Waals surface area contributed by atoms with Crippen LogP contribution in [0.4, 0.5) is 0 Å². The molecule has 0 rings (SSSR count). The minimum atomic E-state index is -1.21. The molecule has 0 bridgehead atoms. The highest BCUT2D eigenvalue weighted by atomic mass is 16.5. The molecule has 0 saturated heterocycles. The Bertz CT molecular complexity index is 305. The highest BCUT2D eigenvalue weighted by Gasteiger charge is 2.27. The summed E-state index contributed by atoms with van der Waals surface area (Å²) in [6, 6.07) is -1.14. The van der Waals surface area contributed by atoms with Gasteiger partial charge >= 0.3 is 11.9 Å². The number of nitrogens with one attached hydrogen (secondary N) is 1. The third-order valence-corrected chi connectivity index (χ3v) is 2.92. The zero-order valence-electron chi connectivity index (χ0n) is 11.5. The van der Waals surface area contributed by atoms with Gasteiger partial charge in [-0.3, -0.25) is 14.9 Å². The smallest absolute Gasteiger partial charge is 0.323 e. The van der Waals surface area contributed by atoms with Gasteiger partial charge in [0.15, 0.2) is 0 Å². The molecule has 0 aliphatic heterocycles. The van der Waals surface area contributed by atoms with E-state index in [0.717, 1.165) is 0 Å². The van der Waals surface area contributed by atoms with Crippen molar-refractivity contribution >= 4 is 11.9 Å². The van der Waals surface area contributed by atoms with E-state index in [9.17, 15) is 14.7 Å². The summed E-state index contributed by atoms with van der Waals surface area (Å²) in [5, 5.41) is 29.4. The Labute approximate surface area is 112 Å². The van der Waals surface area contributed by atoms with E-state index in [4.69, 9.17) is 14.9 Å². The van der Waals surface area contributed by atoms with Gasteiger partial charge in [-0.1, -0.05) is 6.92 Å². The molecule has 112 valence electrons. The Morgan fingerprint density at radius 2 is 1.95 bits per heavy atom. The highest BCUT2D eigenvalue weighted by molar-refractivity contribution is 5.75. The lowest BCUT2D eigenvalue weighted by molar-refractivity contribution is -0.157. The van der Waals surface area contributed by atoms with Crippen LogP contribution in [0, 0.1) is 5.41 Å². The summed E-state index contributed by atoms with van der Waals surface area (Å²) >= 11 is 0. The number of aliphatic hydroxyl groups is 2.